The molecule has 0 saturated carbocycles. The summed E-state index contributed by atoms with van der Waals surface area (Å²) in [4.78, 5) is 11.8. The van der Waals surface area contributed by atoms with E-state index < -0.39 is 9.84 Å². The summed E-state index contributed by atoms with van der Waals surface area (Å²) in [6.07, 6.45) is 2.21. The molecule has 2 rings (SSSR count). The van der Waals surface area contributed by atoms with Crippen molar-refractivity contribution in [2.24, 2.45) is 0 Å². The Morgan fingerprint density at radius 3 is 3.00 bits per heavy atom. The van der Waals surface area contributed by atoms with Crippen LogP contribution in [0.1, 0.15) is 6.42 Å². The van der Waals surface area contributed by atoms with Gasteiger partial charge in [0.25, 0.3) is 0 Å². The summed E-state index contributed by atoms with van der Waals surface area (Å²) in [5.74, 6) is 0.211. The van der Waals surface area contributed by atoms with Crippen LogP contribution in [0.15, 0.2) is 17.0 Å². The van der Waals surface area contributed by atoms with Gasteiger partial charge in [-0.05, 0) is 6.42 Å². The van der Waals surface area contributed by atoms with Gasteiger partial charge in [-0.3, -0.25) is 4.79 Å². The number of carbonyl (C=O) groups excluding carboxylic acids is 1. The second kappa shape index (κ2) is 7.23. The second-order valence-electron chi connectivity index (χ2n) is 4.50. The molecule has 10 heteroatoms. The minimum absolute atomic E-state index is 0.0395. The fourth-order valence-corrected chi connectivity index (χ4v) is 5.05. The zero-order chi connectivity index (χ0) is 15.3. The molecule has 116 valence electrons. The van der Waals surface area contributed by atoms with Crippen molar-refractivity contribution in [1.29, 1.82) is 0 Å². The highest BCUT2D eigenvalue weighted by atomic mass is 32.2. The van der Waals surface area contributed by atoms with E-state index >= 15 is 0 Å². The van der Waals surface area contributed by atoms with Gasteiger partial charge in [0, 0.05) is 12.6 Å². The third-order valence-electron chi connectivity index (χ3n) is 2.73. The van der Waals surface area contributed by atoms with Gasteiger partial charge in [-0.2, -0.15) is 0 Å². The fraction of sp³-hybridized carbons (Fsp3) is 0.545. The van der Waals surface area contributed by atoms with E-state index in [4.69, 9.17) is 0 Å². The highest BCUT2D eigenvalue weighted by Gasteiger charge is 2.28. The third-order valence-corrected chi connectivity index (χ3v) is 6.51. The number of anilines is 1. The number of hydrogen-bond donors (Lipinski definition) is 2. The number of amides is 1. The molecule has 1 fully saturated rings. The number of nitrogens with zero attached hydrogens (tertiary/aromatic N) is 2. The van der Waals surface area contributed by atoms with Gasteiger partial charge in [0.2, 0.25) is 11.0 Å². The Labute approximate surface area is 131 Å². The summed E-state index contributed by atoms with van der Waals surface area (Å²) >= 11 is 2.65. The average Bonchev–Trinajstić information content (AvgIpc) is 3.00. The summed E-state index contributed by atoms with van der Waals surface area (Å²) in [6, 6.07) is -0.262. The average molecular weight is 348 g/mol. The number of sulfone groups is 1. The Hall–Kier alpha value is -1.13. The number of nitrogens with one attached hydrogen (secondary N) is 2. The Bertz CT molecular complexity index is 614. The number of thioether (sulfide) groups is 1. The number of rotatable bonds is 7. The molecule has 1 aromatic heterocycles. The second-order valence-corrected chi connectivity index (χ2v) is 8.93. The van der Waals surface area contributed by atoms with Crippen LogP contribution in [0.4, 0.5) is 5.13 Å². The molecule has 1 unspecified atom stereocenters. The lowest BCUT2D eigenvalue weighted by Crippen LogP contribution is -2.36. The van der Waals surface area contributed by atoms with E-state index in [1.165, 1.54) is 23.1 Å². The highest BCUT2D eigenvalue weighted by molar-refractivity contribution is 8.01. The van der Waals surface area contributed by atoms with Gasteiger partial charge in [0.15, 0.2) is 14.2 Å². The minimum atomic E-state index is -2.97. The Balaban J connectivity index is 1.74. The maximum absolute atomic E-state index is 11.8. The summed E-state index contributed by atoms with van der Waals surface area (Å²) in [6.45, 7) is 4.20. The molecule has 2 heterocycles. The lowest BCUT2D eigenvalue weighted by atomic mass is 10.3. The molecule has 0 bridgehead atoms. The summed E-state index contributed by atoms with van der Waals surface area (Å²) in [5.41, 5.74) is 0. The quantitative estimate of drug-likeness (QED) is 0.547. The molecule has 2 N–H and O–H groups in total. The van der Waals surface area contributed by atoms with E-state index in [9.17, 15) is 13.2 Å². The zero-order valence-electron chi connectivity index (χ0n) is 11.2. The zero-order valence-corrected chi connectivity index (χ0v) is 13.7. The van der Waals surface area contributed by atoms with Crippen LogP contribution in [0.25, 0.3) is 0 Å². The molecule has 1 saturated heterocycles. The van der Waals surface area contributed by atoms with Crippen molar-refractivity contribution in [2.45, 2.75) is 16.8 Å². The van der Waals surface area contributed by atoms with E-state index in [0.717, 1.165) is 0 Å². The van der Waals surface area contributed by atoms with Gasteiger partial charge in [0.1, 0.15) is 0 Å². The van der Waals surface area contributed by atoms with Crippen molar-refractivity contribution in [2.75, 3.05) is 29.1 Å². The number of aromatic nitrogens is 2. The van der Waals surface area contributed by atoms with Gasteiger partial charge < -0.3 is 10.6 Å². The highest BCUT2D eigenvalue weighted by Crippen LogP contribution is 2.25. The monoisotopic (exact) mass is 348 g/mol. The molecule has 21 heavy (non-hydrogen) atoms. The maximum Gasteiger partial charge on any atom is 0.230 e. The molecule has 1 aromatic rings. The van der Waals surface area contributed by atoms with E-state index in [2.05, 4.69) is 27.4 Å². The van der Waals surface area contributed by atoms with Crippen LogP contribution in [-0.2, 0) is 14.6 Å². The van der Waals surface area contributed by atoms with E-state index in [1.54, 1.807) is 6.08 Å². The lowest BCUT2D eigenvalue weighted by molar-refractivity contribution is -0.119. The Morgan fingerprint density at radius 2 is 2.33 bits per heavy atom. The summed E-state index contributed by atoms with van der Waals surface area (Å²) in [7, 11) is -2.97. The lowest BCUT2D eigenvalue weighted by Gasteiger charge is -2.09. The molecule has 0 radical (unpaired) electrons. The predicted octanol–water partition coefficient (Wildman–Crippen LogP) is 0.531. The van der Waals surface area contributed by atoms with E-state index in [-0.39, 0.29) is 29.2 Å². The number of carbonyl (C=O) groups is 1. The first-order chi connectivity index (χ1) is 9.98. The molecular formula is C11H16N4O3S3. The molecule has 0 spiro atoms. The van der Waals surface area contributed by atoms with Crippen LogP contribution in [0.5, 0.6) is 0 Å². The smallest absolute Gasteiger partial charge is 0.230 e. The first-order valence-corrected chi connectivity index (χ1v) is 9.92. The van der Waals surface area contributed by atoms with Crippen LogP contribution in [0.2, 0.25) is 0 Å². The fourth-order valence-electron chi connectivity index (χ4n) is 1.80. The molecular weight excluding hydrogens is 332 g/mol. The Morgan fingerprint density at radius 1 is 1.52 bits per heavy atom. The predicted molar refractivity (Wildman–Crippen MR) is 84.5 cm³/mol. The van der Waals surface area contributed by atoms with Crippen molar-refractivity contribution in [1.82, 2.24) is 15.5 Å². The standard InChI is InChI=1S/C11H16N4O3S3/c1-2-4-12-10-14-15-11(20-10)19-6-9(16)13-8-3-5-21(17,18)7-8/h2,8H,1,3-7H2,(H,12,14)(H,13,16). The molecule has 1 amide bonds. The minimum Gasteiger partial charge on any atom is -0.357 e. The molecule has 0 aliphatic carbocycles. The van der Waals surface area contributed by atoms with E-state index in [0.29, 0.717) is 22.4 Å². The topological polar surface area (TPSA) is 101 Å². The Kier molecular flexibility index (Phi) is 5.59. The third kappa shape index (κ3) is 5.29. The van der Waals surface area contributed by atoms with Crippen molar-refractivity contribution >= 4 is 44.0 Å². The molecule has 7 nitrogen and oxygen atoms in total. The first kappa shape index (κ1) is 16.2. The van der Waals surface area contributed by atoms with Gasteiger partial charge in [-0.25, -0.2) is 8.42 Å². The maximum atomic E-state index is 11.8. The summed E-state index contributed by atoms with van der Waals surface area (Å²) in [5, 5.41) is 14.3. The molecule has 1 aliphatic rings. The molecule has 1 atom stereocenters. The van der Waals surface area contributed by atoms with Crippen molar-refractivity contribution in [3.8, 4) is 0 Å². The van der Waals surface area contributed by atoms with Crippen molar-refractivity contribution < 1.29 is 13.2 Å². The van der Waals surface area contributed by atoms with Crippen molar-refractivity contribution in [3.05, 3.63) is 12.7 Å². The number of hydrogen-bond acceptors (Lipinski definition) is 8. The van der Waals surface area contributed by atoms with Gasteiger partial charge in [-0.1, -0.05) is 29.2 Å². The largest absolute Gasteiger partial charge is 0.357 e. The summed E-state index contributed by atoms with van der Waals surface area (Å²) < 4.78 is 23.3. The van der Waals surface area contributed by atoms with Crippen LogP contribution < -0.4 is 10.6 Å². The van der Waals surface area contributed by atoms with Crippen LogP contribution in [-0.4, -0.2) is 54.4 Å². The van der Waals surface area contributed by atoms with Gasteiger partial charge >= 0.3 is 0 Å². The van der Waals surface area contributed by atoms with E-state index in [1.807, 2.05) is 0 Å². The van der Waals surface area contributed by atoms with Crippen molar-refractivity contribution in [3.63, 3.8) is 0 Å². The van der Waals surface area contributed by atoms with Gasteiger partial charge in [-0.15, -0.1) is 16.8 Å². The normalized spacial score (nSPS) is 20.1. The molecule has 0 aromatic carbocycles. The van der Waals surface area contributed by atoms with Crippen LogP contribution in [0, 0.1) is 0 Å². The van der Waals surface area contributed by atoms with Crippen LogP contribution in [0.3, 0.4) is 0 Å². The molecule has 1 aliphatic heterocycles. The SMILES string of the molecule is C=CCNc1nnc(SCC(=O)NC2CCS(=O)(=O)C2)s1. The first-order valence-electron chi connectivity index (χ1n) is 6.29. The van der Waals surface area contributed by atoms with Gasteiger partial charge in [0.05, 0.1) is 17.3 Å². The van der Waals surface area contributed by atoms with Crippen LogP contribution >= 0.6 is 23.1 Å².